The smallest absolute Gasteiger partial charge is 0.138 e. The molecule has 0 spiro atoms. The third kappa shape index (κ3) is 4.25. The van der Waals surface area contributed by atoms with Gasteiger partial charge in [-0.05, 0) is 60.2 Å². The zero-order chi connectivity index (χ0) is 17.9. The Morgan fingerprint density at radius 2 is 1.88 bits per heavy atom. The minimum absolute atomic E-state index is 0.442. The van der Waals surface area contributed by atoms with Gasteiger partial charge in [0.15, 0.2) is 0 Å². The fourth-order valence-corrected chi connectivity index (χ4v) is 3.57. The molecule has 0 saturated heterocycles. The maximum absolute atomic E-state index is 14.8. The van der Waals surface area contributed by atoms with E-state index >= 15 is 0 Å². The standard InChI is InChI=1S/C22H27FN2O/c1-24-11-16-2-4-17(5-3-16)12-25-13-19-8-9-20(26-15-18-6-7-18)10-21(19)22(23)14-25/h2-5,8-10,18,22,24H,6-7,11-15H2,1H3. The molecular formula is C22H27FN2O. The number of halogens is 1. The van der Waals surface area contributed by atoms with E-state index in [2.05, 4.69) is 34.5 Å². The summed E-state index contributed by atoms with van der Waals surface area (Å²) in [5.74, 6) is 1.52. The van der Waals surface area contributed by atoms with Crippen LogP contribution in [0.25, 0.3) is 0 Å². The Bertz CT molecular complexity index is 742. The predicted octanol–water partition coefficient (Wildman–Crippen LogP) is 4.22. The third-order valence-corrected chi connectivity index (χ3v) is 5.26. The van der Waals surface area contributed by atoms with Crippen LogP contribution < -0.4 is 10.1 Å². The van der Waals surface area contributed by atoms with Gasteiger partial charge >= 0.3 is 0 Å². The van der Waals surface area contributed by atoms with Crippen molar-refractivity contribution in [2.45, 2.75) is 38.6 Å². The molecule has 1 N–H and O–H groups in total. The second kappa shape index (κ2) is 7.77. The molecule has 26 heavy (non-hydrogen) atoms. The van der Waals surface area contributed by atoms with Crippen molar-refractivity contribution in [3.05, 3.63) is 64.7 Å². The van der Waals surface area contributed by atoms with Crippen molar-refractivity contribution in [1.82, 2.24) is 10.2 Å². The van der Waals surface area contributed by atoms with Crippen molar-refractivity contribution in [3.8, 4) is 5.75 Å². The Morgan fingerprint density at radius 3 is 2.62 bits per heavy atom. The molecule has 1 aliphatic heterocycles. The van der Waals surface area contributed by atoms with Crippen molar-refractivity contribution in [3.63, 3.8) is 0 Å². The maximum atomic E-state index is 14.8. The molecular weight excluding hydrogens is 327 g/mol. The molecule has 2 aliphatic rings. The van der Waals surface area contributed by atoms with E-state index in [0.29, 0.717) is 12.5 Å². The summed E-state index contributed by atoms with van der Waals surface area (Å²) in [6, 6.07) is 14.5. The molecule has 1 saturated carbocycles. The monoisotopic (exact) mass is 354 g/mol. The lowest BCUT2D eigenvalue weighted by molar-refractivity contribution is 0.158. The molecule has 0 aromatic heterocycles. The minimum atomic E-state index is -0.952. The topological polar surface area (TPSA) is 24.5 Å². The second-order valence-electron chi connectivity index (χ2n) is 7.60. The third-order valence-electron chi connectivity index (χ3n) is 5.26. The van der Waals surface area contributed by atoms with Crippen molar-refractivity contribution in [2.75, 3.05) is 20.2 Å². The van der Waals surface area contributed by atoms with Gasteiger partial charge in [0.2, 0.25) is 0 Å². The first-order chi connectivity index (χ1) is 12.7. The van der Waals surface area contributed by atoms with E-state index in [1.807, 2.05) is 25.2 Å². The van der Waals surface area contributed by atoms with Gasteiger partial charge in [-0.1, -0.05) is 30.3 Å². The first-order valence-corrected chi connectivity index (χ1v) is 9.55. The number of ether oxygens (including phenoxy) is 1. The molecule has 1 atom stereocenters. The molecule has 4 rings (SSSR count). The van der Waals surface area contributed by atoms with Crippen LogP contribution in [0.15, 0.2) is 42.5 Å². The Balaban J connectivity index is 1.40. The lowest BCUT2D eigenvalue weighted by atomic mass is 9.97. The highest BCUT2D eigenvalue weighted by Gasteiger charge is 2.26. The van der Waals surface area contributed by atoms with Crippen molar-refractivity contribution in [1.29, 1.82) is 0 Å². The van der Waals surface area contributed by atoms with Gasteiger partial charge < -0.3 is 10.1 Å². The summed E-state index contributed by atoms with van der Waals surface area (Å²) in [5, 5.41) is 3.15. The van der Waals surface area contributed by atoms with Crippen molar-refractivity contribution in [2.24, 2.45) is 5.92 Å². The highest BCUT2D eigenvalue weighted by Crippen LogP contribution is 2.34. The quantitative estimate of drug-likeness (QED) is 0.806. The van der Waals surface area contributed by atoms with E-state index < -0.39 is 6.17 Å². The first kappa shape index (κ1) is 17.5. The van der Waals surface area contributed by atoms with Crippen LogP contribution in [0.4, 0.5) is 4.39 Å². The molecule has 1 unspecified atom stereocenters. The summed E-state index contributed by atoms with van der Waals surface area (Å²) < 4.78 is 20.6. The predicted molar refractivity (Wildman–Crippen MR) is 102 cm³/mol. The van der Waals surface area contributed by atoms with E-state index in [9.17, 15) is 4.39 Å². The molecule has 138 valence electrons. The van der Waals surface area contributed by atoms with Crippen LogP contribution in [-0.4, -0.2) is 25.1 Å². The molecule has 3 nitrogen and oxygen atoms in total. The van der Waals surface area contributed by atoms with Gasteiger partial charge in [0.1, 0.15) is 11.9 Å². The van der Waals surface area contributed by atoms with E-state index in [4.69, 9.17) is 4.74 Å². The number of nitrogens with one attached hydrogen (secondary N) is 1. The Labute approximate surface area is 155 Å². The number of nitrogens with zero attached hydrogens (tertiary/aromatic N) is 1. The average Bonchev–Trinajstić information content (AvgIpc) is 3.47. The molecule has 0 bridgehead atoms. The fraction of sp³-hybridized carbons (Fsp3) is 0.455. The minimum Gasteiger partial charge on any atom is -0.493 e. The Kier molecular flexibility index (Phi) is 5.23. The van der Waals surface area contributed by atoms with E-state index in [1.54, 1.807) is 0 Å². The van der Waals surface area contributed by atoms with Crippen LogP contribution in [0, 0.1) is 5.92 Å². The van der Waals surface area contributed by atoms with E-state index in [0.717, 1.165) is 43.1 Å². The number of alkyl halides is 1. The van der Waals surface area contributed by atoms with Crippen molar-refractivity contribution < 1.29 is 9.13 Å². The van der Waals surface area contributed by atoms with Gasteiger partial charge in [0.25, 0.3) is 0 Å². The zero-order valence-electron chi connectivity index (χ0n) is 15.4. The average molecular weight is 354 g/mol. The highest BCUT2D eigenvalue weighted by atomic mass is 19.1. The van der Waals surface area contributed by atoms with Crippen molar-refractivity contribution >= 4 is 0 Å². The second-order valence-corrected chi connectivity index (χ2v) is 7.60. The van der Waals surface area contributed by atoms with Gasteiger partial charge in [-0.15, -0.1) is 0 Å². The summed E-state index contributed by atoms with van der Waals surface area (Å²) in [6.45, 7) is 3.65. The summed E-state index contributed by atoms with van der Waals surface area (Å²) in [6.07, 6.45) is 1.58. The Hall–Kier alpha value is -1.91. The summed E-state index contributed by atoms with van der Waals surface area (Å²) in [7, 11) is 1.95. The van der Waals surface area contributed by atoms with E-state index in [1.165, 1.54) is 24.0 Å². The summed E-state index contributed by atoms with van der Waals surface area (Å²) in [5.41, 5.74) is 4.38. The molecule has 1 heterocycles. The SMILES string of the molecule is CNCc1ccc(CN2Cc3ccc(OCC4CC4)cc3C(F)C2)cc1. The molecule has 2 aromatic rings. The van der Waals surface area contributed by atoms with E-state index in [-0.39, 0.29) is 0 Å². The first-order valence-electron chi connectivity index (χ1n) is 9.55. The molecule has 0 amide bonds. The van der Waals surface area contributed by atoms with Crippen LogP contribution in [0.3, 0.4) is 0 Å². The molecule has 1 aliphatic carbocycles. The van der Waals surface area contributed by atoms with Crippen LogP contribution >= 0.6 is 0 Å². The van der Waals surface area contributed by atoms with Crippen LogP contribution in [0.2, 0.25) is 0 Å². The van der Waals surface area contributed by atoms with Crippen LogP contribution in [0.1, 0.15) is 41.3 Å². The normalized spacial score (nSPS) is 20.0. The fourth-order valence-electron chi connectivity index (χ4n) is 3.57. The molecule has 4 heteroatoms. The lowest BCUT2D eigenvalue weighted by Gasteiger charge is -2.31. The maximum Gasteiger partial charge on any atom is 0.138 e. The summed E-state index contributed by atoms with van der Waals surface area (Å²) in [4.78, 5) is 2.19. The lowest BCUT2D eigenvalue weighted by Crippen LogP contribution is -2.31. The highest BCUT2D eigenvalue weighted by molar-refractivity contribution is 5.39. The number of rotatable bonds is 7. The number of hydrogen-bond acceptors (Lipinski definition) is 3. The summed E-state index contributed by atoms with van der Waals surface area (Å²) >= 11 is 0. The van der Waals surface area contributed by atoms with Gasteiger partial charge in [0.05, 0.1) is 6.61 Å². The molecule has 2 aromatic carbocycles. The Morgan fingerprint density at radius 1 is 1.12 bits per heavy atom. The number of hydrogen-bond donors (Lipinski definition) is 1. The molecule has 1 fully saturated rings. The van der Waals surface area contributed by atoms with Crippen LogP contribution in [0.5, 0.6) is 5.75 Å². The molecule has 0 radical (unpaired) electrons. The van der Waals surface area contributed by atoms with Gasteiger partial charge in [-0.3, -0.25) is 4.90 Å². The number of fused-ring (bicyclic) bond motifs is 1. The van der Waals surface area contributed by atoms with Gasteiger partial charge in [0, 0.05) is 26.2 Å². The zero-order valence-corrected chi connectivity index (χ0v) is 15.4. The largest absolute Gasteiger partial charge is 0.493 e. The van der Waals surface area contributed by atoms with Gasteiger partial charge in [-0.2, -0.15) is 0 Å². The number of benzene rings is 2. The van der Waals surface area contributed by atoms with Crippen LogP contribution in [-0.2, 0) is 19.6 Å². The van der Waals surface area contributed by atoms with Gasteiger partial charge in [-0.25, -0.2) is 4.39 Å².